The lowest BCUT2D eigenvalue weighted by atomic mass is 9.96. The fraction of sp³-hybridized carbons (Fsp3) is 0.500. The predicted octanol–water partition coefficient (Wildman–Crippen LogP) is 6.14. The molecule has 2 rings (SSSR count). The highest BCUT2D eigenvalue weighted by molar-refractivity contribution is 6.00. The normalized spacial score (nSPS) is 12.9. The van der Waals surface area contributed by atoms with Crippen molar-refractivity contribution >= 4 is 23.6 Å². The predicted molar refractivity (Wildman–Crippen MR) is 149 cm³/mol. The SMILES string of the molecule is CCCCN(C(=O)C(C)NC(=O)OC(C)(C)C)C(C(=O)Nc1c(C)cccc1C)c1ccc(C)cc1C. The number of carbonyl (C=O) groups excluding carboxylic acids is 3. The van der Waals surface area contributed by atoms with Crippen LogP contribution in [0.1, 0.15) is 81.3 Å². The Balaban J connectivity index is 2.51. The average molecular weight is 510 g/mol. The fourth-order valence-electron chi connectivity index (χ4n) is 4.28. The topological polar surface area (TPSA) is 87.7 Å². The molecule has 2 aromatic rings. The molecule has 0 aliphatic rings. The van der Waals surface area contributed by atoms with Gasteiger partial charge in [0.05, 0.1) is 0 Å². The molecule has 0 bridgehead atoms. The summed E-state index contributed by atoms with van der Waals surface area (Å²) in [6.07, 6.45) is 0.880. The van der Waals surface area contributed by atoms with Crippen molar-refractivity contribution < 1.29 is 19.1 Å². The molecule has 0 saturated heterocycles. The van der Waals surface area contributed by atoms with E-state index in [1.54, 1.807) is 32.6 Å². The molecule has 7 heteroatoms. The molecule has 0 aromatic heterocycles. The molecule has 202 valence electrons. The van der Waals surface area contributed by atoms with Gasteiger partial charge in [0.1, 0.15) is 17.7 Å². The molecular formula is C30H43N3O4. The van der Waals surface area contributed by atoms with Gasteiger partial charge in [-0.05, 0) is 84.1 Å². The maximum absolute atomic E-state index is 14.0. The van der Waals surface area contributed by atoms with Crippen LogP contribution in [0.5, 0.6) is 0 Å². The smallest absolute Gasteiger partial charge is 0.408 e. The Bertz CT molecular complexity index is 1100. The minimum atomic E-state index is -0.882. The lowest BCUT2D eigenvalue weighted by Gasteiger charge is -2.34. The van der Waals surface area contributed by atoms with Crippen LogP contribution in [-0.2, 0) is 14.3 Å². The standard InChI is InChI=1S/C30H43N3O4/c1-10-11-17-33(28(35)23(6)31-29(36)37-30(7,8)9)26(24-16-15-19(2)18-22(24)5)27(34)32-25-20(3)13-12-14-21(25)4/h12-16,18,23,26H,10-11,17H2,1-9H3,(H,31,36)(H,32,34). The third kappa shape index (κ3) is 8.34. The van der Waals surface area contributed by atoms with Crippen LogP contribution in [-0.4, -0.2) is 41.0 Å². The molecule has 0 spiro atoms. The second-order valence-corrected chi connectivity index (χ2v) is 10.8. The number of hydrogen-bond donors (Lipinski definition) is 2. The molecule has 0 aliphatic heterocycles. The van der Waals surface area contributed by atoms with Gasteiger partial charge in [-0.2, -0.15) is 0 Å². The molecule has 0 fully saturated rings. The number of anilines is 1. The summed E-state index contributed by atoms with van der Waals surface area (Å²) in [6, 6.07) is 9.96. The first kappa shape index (κ1) is 29.9. The number of aryl methyl sites for hydroxylation is 4. The minimum Gasteiger partial charge on any atom is -0.444 e. The van der Waals surface area contributed by atoms with Crippen LogP contribution < -0.4 is 10.6 Å². The molecule has 0 radical (unpaired) electrons. The highest BCUT2D eigenvalue weighted by Gasteiger charge is 2.35. The number of para-hydroxylation sites is 1. The Labute approximate surface area is 222 Å². The first-order valence-corrected chi connectivity index (χ1v) is 13.0. The van der Waals surface area contributed by atoms with Crippen LogP contribution in [0, 0.1) is 27.7 Å². The van der Waals surface area contributed by atoms with Crippen molar-refractivity contribution in [2.75, 3.05) is 11.9 Å². The Morgan fingerprint density at radius 3 is 2.14 bits per heavy atom. The van der Waals surface area contributed by atoms with Crippen molar-refractivity contribution in [3.63, 3.8) is 0 Å². The maximum Gasteiger partial charge on any atom is 0.408 e. The molecular weight excluding hydrogens is 466 g/mol. The molecule has 3 amide bonds. The minimum absolute atomic E-state index is 0.293. The van der Waals surface area contributed by atoms with Crippen molar-refractivity contribution in [2.24, 2.45) is 0 Å². The van der Waals surface area contributed by atoms with E-state index >= 15 is 0 Å². The highest BCUT2D eigenvalue weighted by Crippen LogP contribution is 2.29. The molecule has 2 unspecified atom stereocenters. The zero-order valence-electron chi connectivity index (χ0n) is 23.8. The maximum atomic E-state index is 14.0. The molecule has 7 nitrogen and oxygen atoms in total. The van der Waals surface area contributed by atoms with Crippen LogP contribution in [0.4, 0.5) is 10.5 Å². The fourth-order valence-corrected chi connectivity index (χ4v) is 4.28. The molecule has 0 aliphatic carbocycles. The van der Waals surface area contributed by atoms with E-state index in [-0.39, 0.29) is 11.8 Å². The van der Waals surface area contributed by atoms with E-state index in [9.17, 15) is 14.4 Å². The number of benzene rings is 2. The highest BCUT2D eigenvalue weighted by atomic mass is 16.6. The van der Waals surface area contributed by atoms with Crippen molar-refractivity contribution in [2.45, 2.75) is 92.8 Å². The number of carbonyl (C=O) groups is 3. The number of hydrogen-bond acceptors (Lipinski definition) is 4. The molecule has 2 N–H and O–H groups in total. The third-order valence-electron chi connectivity index (χ3n) is 6.15. The Kier molecular flexibility index (Phi) is 10.3. The van der Waals surface area contributed by atoms with Gasteiger partial charge in [-0.15, -0.1) is 0 Å². The van der Waals surface area contributed by atoms with Crippen molar-refractivity contribution in [1.82, 2.24) is 10.2 Å². The number of nitrogens with one attached hydrogen (secondary N) is 2. The van der Waals surface area contributed by atoms with Gasteiger partial charge in [0.15, 0.2) is 0 Å². The summed E-state index contributed by atoms with van der Waals surface area (Å²) in [4.78, 5) is 41.8. The number of amides is 3. The van der Waals surface area contributed by atoms with E-state index in [1.165, 1.54) is 0 Å². The second-order valence-electron chi connectivity index (χ2n) is 10.8. The summed E-state index contributed by atoms with van der Waals surface area (Å²) in [5.41, 5.74) is 4.68. The van der Waals surface area contributed by atoms with Gasteiger partial charge in [0.2, 0.25) is 5.91 Å². The van der Waals surface area contributed by atoms with Crippen molar-refractivity contribution in [1.29, 1.82) is 0 Å². The lowest BCUT2D eigenvalue weighted by molar-refractivity contribution is -0.140. The van der Waals surface area contributed by atoms with Gasteiger partial charge in [0, 0.05) is 12.2 Å². The van der Waals surface area contributed by atoms with Crippen LogP contribution in [0.25, 0.3) is 0 Å². The van der Waals surface area contributed by atoms with Gasteiger partial charge in [-0.25, -0.2) is 4.79 Å². The van der Waals surface area contributed by atoms with Crippen LogP contribution in [0.15, 0.2) is 36.4 Å². The molecule has 0 heterocycles. The van der Waals surface area contributed by atoms with Gasteiger partial charge in [-0.3, -0.25) is 9.59 Å². The summed E-state index contributed by atoms with van der Waals surface area (Å²) in [6.45, 7) is 17.2. The van der Waals surface area contributed by atoms with Gasteiger partial charge >= 0.3 is 6.09 Å². The molecule has 37 heavy (non-hydrogen) atoms. The quantitative estimate of drug-likeness (QED) is 0.425. The van der Waals surface area contributed by atoms with Crippen LogP contribution in [0.3, 0.4) is 0 Å². The average Bonchev–Trinajstić information content (AvgIpc) is 2.78. The summed E-state index contributed by atoms with van der Waals surface area (Å²) in [7, 11) is 0. The van der Waals surface area contributed by atoms with Gasteiger partial charge in [-0.1, -0.05) is 55.3 Å². The summed E-state index contributed by atoms with van der Waals surface area (Å²) < 4.78 is 5.35. The van der Waals surface area contributed by atoms with E-state index in [2.05, 4.69) is 10.6 Å². The first-order chi connectivity index (χ1) is 17.2. The first-order valence-electron chi connectivity index (χ1n) is 13.0. The molecule has 0 saturated carbocycles. The van der Waals surface area contributed by atoms with Crippen LogP contribution in [0.2, 0.25) is 0 Å². The number of rotatable bonds is 9. The molecule has 2 atom stereocenters. The van der Waals surface area contributed by atoms with E-state index in [4.69, 9.17) is 4.74 Å². The van der Waals surface area contributed by atoms with E-state index < -0.39 is 23.8 Å². The number of unbranched alkanes of at least 4 members (excludes halogenated alkanes) is 1. The van der Waals surface area contributed by atoms with Crippen molar-refractivity contribution in [3.05, 3.63) is 64.2 Å². The Hall–Kier alpha value is -3.35. The number of alkyl carbamates (subject to hydrolysis) is 1. The third-order valence-corrected chi connectivity index (χ3v) is 6.15. The largest absolute Gasteiger partial charge is 0.444 e. The lowest BCUT2D eigenvalue weighted by Crippen LogP contribution is -2.51. The summed E-state index contributed by atoms with van der Waals surface area (Å²) >= 11 is 0. The number of ether oxygens (including phenoxy) is 1. The zero-order valence-corrected chi connectivity index (χ0v) is 23.8. The Morgan fingerprint density at radius 2 is 1.59 bits per heavy atom. The van der Waals surface area contributed by atoms with Crippen LogP contribution >= 0.6 is 0 Å². The zero-order chi connectivity index (χ0) is 27.9. The van der Waals surface area contributed by atoms with E-state index in [0.717, 1.165) is 39.9 Å². The van der Waals surface area contributed by atoms with E-state index in [0.29, 0.717) is 13.0 Å². The van der Waals surface area contributed by atoms with Crippen molar-refractivity contribution in [3.8, 4) is 0 Å². The monoisotopic (exact) mass is 509 g/mol. The Morgan fingerprint density at radius 1 is 0.973 bits per heavy atom. The number of nitrogens with zero attached hydrogens (tertiary/aromatic N) is 1. The summed E-state index contributed by atoms with van der Waals surface area (Å²) in [5, 5.41) is 5.74. The second kappa shape index (κ2) is 12.7. The van der Waals surface area contributed by atoms with E-state index in [1.807, 2.05) is 71.0 Å². The van der Waals surface area contributed by atoms with Gasteiger partial charge in [0.25, 0.3) is 5.91 Å². The molecule has 2 aromatic carbocycles. The summed E-state index contributed by atoms with van der Waals surface area (Å²) in [5.74, 6) is -0.640. The van der Waals surface area contributed by atoms with Gasteiger partial charge < -0.3 is 20.3 Å².